The Morgan fingerprint density at radius 1 is 0.548 bits per heavy atom. The molecular formula is C53H80Cl2N10O8. The van der Waals surface area contributed by atoms with Gasteiger partial charge >= 0.3 is 0 Å². The maximum Gasteiger partial charge on any atom is 0.245 e. The van der Waals surface area contributed by atoms with E-state index in [4.69, 9.17) is 0 Å². The summed E-state index contributed by atoms with van der Waals surface area (Å²) < 4.78 is 0. The number of likely N-dealkylation sites (tertiary alicyclic amines) is 2. The summed E-state index contributed by atoms with van der Waals surface area (Å²) in [5, 5.41) is 23.6. The van der Waals surface area contributed by atoms with Crippen molar-refractivity contribution >= 4 is 72.1 Å². The predicted molar refractivity (Wildman–Crippen MR) is 284 cm³/mol. The van der Waals surface area contributed by atoms with Crippen molar-refractivity contribution in [2.75, 3.05) is 40.3 Å². The van der Waals surface area contributed by atoms with E-state index in [0.29, 0.717) is 77.3 Å². The van der Waals surface area contributed by atoms with Crippen LogP contribution >= 0.6 is 24.8 Å². The fourth-order valence-electron chi connectivity index (χ4n) is 10.4. The molecule has 73 heavy (non-hydrogen) atoms. The summed E-state index contributed by atoms with van der Waals surface area (Å²) in [5.41, 5.74) is 4.70. The van der Waals surface area contributed by atoms with E-state index >= 15 is 0 Å². The van der Waals surface area contributed by atoms with Gasteiger partial charge < -0.3 is 52.3 Å². The second kappa shape index (κ2) is 30.2. The molecule has 2 aromatic rings. The molecule has 8 atom stereocenters. The number of nitrogens with zero attached hydrogens (tertiary/aromatic N) is 2. The molecule has 8 amide bonds. The number of carbonyl (C=O) groups excluding carboxylic acids is 8. The van der Waals surface area contributed by atoms with Gasteiger partial charge in [0.15, 0.2) is 0 Å². The van der Waals surface area contributed by atoms with Crippen LogP contribution in [0.25, 0.3) is 0 Å². The van der Waals surface area contributed by atoms with E-state index in [1.165, 1.54) is 11.1 Å². The molecule has 0 bridgehead atoms. The molecule has 0 radical (unpaired) electrons. The number of unbranched alkanes of at least 4 members (excludes halogenated alkanes) is 2. The average molecular weight is 1060 g/mol. The Morgan fingerprint density at radius 3 is 1.34 bits per heavy atom. The highest BCUT2D eigenvalue weighted by molar-refractivity contribution is 5.97. The number of rotatable bonds is 24. The molecule has 2 saturated heterocycles. The molecule has 2 fully saturated rings. The van der Waals surface area contributed by atoms with Crippen LogP contribution in [0.2, 0.25) is 0 Å². The molecule has 6 rings (SSSR count). The molecule has 2 aliphatic carbocycles. The van der Waals surface area contributed by atoms with Crippen LogP contribution in [0.3, 0.4) is 0 Å². The first-order chi connectivity index (χ1) is 34.3. The summed E-state index contributed by atoms with van der Waals surface area (Å²) in [6.45, 7) is 4.75. The van der Waals surface area contributed by atoms with E-state index in [1.807, 2.05) is 24.3 Å². The number of carbonyl (C=O) groups is 8. The van der Waals surface area contributed by atoms with Crippen molar-refractivity contribution in [1.29, 1.82) is 0 Å². The molecular weight excluding hydrogens is 976 g/mol. The lowest BCUT2D eigenvalue weighted by Crippen LogP contribution is -2.55. The summed E-state index contributed by atoms with van der Waals surface area (Å²) >= 11 is 0. The van der Waals surface area contributed by atoms with E-state index in [0.717, 1.165) is 49.7 Å². The molecule has 404 valence electrons. The Hall–Kier alpha value is -5.30. The topological polar surface area (TPSA) is 239 Å². The highest BCUT2D eigenvalue weighted by Crippen LogP contribution is 2.32. The van der Waals surface area contributed by atoms with E-state index in [2.05, 4.69) is 66.8 Å². The van der Waals surface area contributed by atoms with Crippen molar-refractivity contribution < 1.29 is 38.4 Å². The Morgan fingerprint density at radius 2 is 0.945 bits per heavy atom. The predicted octanol–water partition coefficient (Wildman–Crippen LogP) is 3.35. The zero-order valence-corrected chi connectivity index (χ0v) is 44.7. The Balaban J connectivity index is 0.00000578. The van der Waals surface area contributed by atoms with E-state index < -0.39 is 48.1 Å². The molecule has 0 unspecified atom stereocenters. The second-order valence-corrected chi connectivity index (χ2v) is 19.7. The lowest BCUT2D eigenvalue weighted by atomic mass is 9.87. The smallest absolute Gasteiger partial charge is 0.245 e. The Bertz CT molecular complexity index is 2050. The molecule has 8 N–H and O–H groups in total. The quantitative estimate of drug-likeness (QED) is 0.0564. The number of halogens is 2. The van der Waals surface area contributed by atoms with Gasteiger partial charge in [-0.05, 0) is 153 Å². The van der Waals surface area contributed by atoms with Gasteiger partial charge in [0.1, 0.15) is 30.6 Å². The third-order valence-electron chi connectivity index (χ3n) is 14.7. The Kier molecular flexibility index (Phi) is 24.9. The van der Waals surface area contributed by atoms with E-state index in [-0.39, 0.29) is 91.9 Å². The first-order valence-electron chi connectivity index (χ1n) is 26.2. The minimum atomic E-state index is -0.862. The minimum Gasteiger partial charge on any atom is -0.356 e. The third kappa shape index (κ3) is 16.9. The number of benzene rings is 2. The van der Waals surface area contributed by atoms with Gasteiger partial charge in [-0.15, -0.1) is 24.8 Å². The van der Waals surface area contributed by atoms with E-state index in [1.54, 1.807) is 37.7 Å². The molecule has 0 saturated carbocycles. The largest absolute Gasteiger partial charge is 0.356 e. The normalized spacial score (nSPS) is 20.5. The number of aryl methyl sites for hydroxylation is 2. The SMILES string of the molecule is CN[C@@H](C)C(=O)N[C@@H](CCCCNC(=O)CC(=O)NCCCC[C@H](NC(=O)[C@@H](C)NC)C(=O)N1CCC[C@H]1C(=O)N[C@@H]1CCCc2ccccc21)C(=O)N1CCC[C@H]1C(=O)N[C@@H]1CCCc2ccccc21.Cl.Cl. The highest BCUT2D eigenvalue weighted by Gasteiger charge is 2.40. The minimum absolute atomic E-state index is 0. The number of hydrogen-bond acceptors (Lipinski definition) is 10. The summed E-state index contributed by atoms with van der Waals surface area (Å²) in [6, 6.07) is 12.0. The van der Waals surface area contributed by atoms with Crippen LogP contribution in [-0.4, -0.2) is 134 Å². The number of nitrogens with one attached hydrogen (secondary N) is 8. The van der Waals surface area contributed by atoms with Crippen LogP contribution in [-0.2, 0) is 51.2 Å². The van der Waals surface area contributed by atoms with Crippen LogP contribution in [0, 0.1) is 0 Å². The summed E-state index contributed by atoms with van der Waals surface area (Å²) in [4.78, 5) is 110. The number of likely N-dealkylation sites (N-methyl/N-ethyl adjacent to an activating group) is 2. The zero-order valence-electron chi connectivity index (χ0n) is 43.1. The lowest BCUT2D eigenvalue weighted by molar-refractivity contribution is -0.142. The number of amides is 8. The van der Waals surface area contributed by atoms with Gasteiger partial charge in [0, 0.05) is 26.2 Å². The van der Waals surface area contributed by atoms with Gasteiger partial charge in [0.05, 0.1) is 24.2 Å². The summed E-state index contributed by atoms with van der Waals surface area (Å²) in [6.07, 6.45) is 10.1. The van der Waals surface area contributed by atoms with Gasteiger partial charge in [-0.25, -0.2) is 0 Å². The van der Waals surface area contributed by atoms with Crippen LogP contribution in [0.1, 0.15) is 144 Å². The van der Waals surface area contributed by atoms with Crippen molar-refractivity contribution in [3.63, 3.8) is 0 Å². The van der Waals surface area contributed by atoms with Crippen molar-refractivity contribution in [2.45, 2.75) is 171 Å². The van der Waals surface area contributed by atoms with Crippen molar-refractivity contribution in [3.05, 3.63) is 70.8 Å². The van der Waals surface area contributed by atoms with Crippen LogP contribution in [0.15, 0.2) is 48.5 Å². The van der Waals surface area contributed by atoms with Crippen molar-refractivity contribution in [1.82, 2.24) is 52.3 Å². The zero-order chi connectivity index (χ0) is 50.9. The maximum atomic E-state index is 14.1. The molecule has 0 aromatic heterocycles. The molecule has 20 heteroatoms. The Labute approximate surface area is 443 Å². The fourth-order valence-corrected chi connectivity index (χ4v) is 10.4. The summed E-state index contributed by atoms with van der Waals surface area (Å²) in [5.74, 6) is -2.56. The molecule has 2 aromatic carbocycles. The monoisotopic (exact) mass is 1050 g/mol. The van der Waals surface area contributed by atoms with Crippen molar-refractivity contribution in [3.8, 4) is 0 Å². The first-order valence-corrected chi connectivity index (χ1v) is 26.2. The molecule has 2 heterocycles. The van der Waals surface area contributed by atoms with Crippen LogP contribution in [0.4, 0.5) is 0 Å². The highest BCUT2D eigenvalue weighted by atomic mass is 35.5. The molecule has 4 aliphatic rings. The van der Waals surface area contributed by atoms with Crippen LogP contribution < -0.4 is 42.5 Å². The fraction of sp³-hybridized carbons (Fsp3) is 0.623. The van der Waals surface area contributed by atoms with E-state index in [9.17, 15) is 38.4 Å². The lowest BCUT2D eigenvalue weighted by Gasteiger charge is -2.32. The standard InChI is InChI=1S/C53H78N10O8.2ClH/c1-34(54-3)48(66)60-42(52(70)62-31-15-27-44(62)50(68)58-40-25-13-19-36-17-5-7-21-38(36)40)23-9-11-29-56-46(64)33-47(65)57-30-12-10-24-43(61-49(67)35(2)55-4)53(71)63-32-16-28-45(63)51(69)59-41-26-14-20-37-18-6-8-22-39(37)41;;/h5-8,17-18,21-22,34-35,40-45,54-55H,9-16,19-20,23-33H2,1-4H3,(H,56,64)(H,57,65)(H,58,68)(H,59,69)(H,60,66)(H,61,67);2*1H/t34-,35+,40-,41-,42+,43+,44+,45+;;/m1../s1. The van der Waals surface area contributed by atoms with Crippen molar-refractivity contribution in [2.24, 2.45) is 0 Å². The molecule has 18 nitrogen and oxygen atoms in total. The van der Waals surface area contributed by atoms with Gasteiger partial charge in [0.25, 0.3) is 0 Å². The maximum absolute atomic E-state index is 14.1. The van der Waals surface area contributed by atoms with Gasteiger partial charge in [-0.2, -0.15) is 0 Å². The molecule has 0 spiro atoms. The average Bonchev–Trinajstić information content (AvgIpc) is 4.09. The number of hydrogen-bond donors (Lipinski definition) is 8. The first kappa shape index (κ1) is 60.3. The second-order valence-electron chi connectivity index (χ2n) is 19.7. The van der Waals surface area contributed by atoms with Gasteiger partial charge in [0.2, 0.25) is 47.3 Å². The van der Waals surface area contributed by atoms with Crippen LogP contribution in [0.5, 0.6) is 0 Å². The third-order valence-corrected chi connectivity index (χ3v) is 14.7. The number of fused-ring (bicyclic) bond motifs is 2. The molecule has 2 aliphatic heterocycles. The van der Waals surface area contributed by atoms with Gasteiger partial charge in [-0.1, -0.05) is 48.5 Å². The summed E-state index contributed by atoms with van der Waals surface area (Å²) in [7, 11) is 3.32. The van der Waals surface area contributed by atoms with Gasteiger partial charge in [-0.3, -0.25) is 38.4 Å².